The number of hydrogen-bond donors (Lipinski definition) is 3. The third kappa shape index (κ3) is 3.26. The predicted molar refractivity (Wildman–Crippen MR) is 77.1 cm³/mol. The van der Waals surface area contributed by atoms with Gasteiger partial charge in [-0.2, -0.15) is 26.3 Å². The summed E-state index contributed by atoms with van der Waals surface area (Å²) < 4.78 is 80.1. The van der Waals surface area contributed by atoms with E-state index in [1.54, 1.807) is 0 Å². The maximum absolute atomic E-state index is 13.3. The van der Waals surface area contributed by atoms with Gasteiger partial charge in [0.1, 0.15) is 5.00 Å². The third-order valence-electron chi connectivity index (χ3n) is 3.68. The van der Waals surface area contributed by atoms with Gasteiger partial charge in [0.05, 0.1) is 5.56 Å². The molecule has 0 saturated carbocycles. The monoisotopic (exact) mass is 389 g/mol. The smallest absolute Gasteiger partial charge is 0.365 e. The van der Waals surface area contributed by atoms with Crippen molar-refractivity contribution < 1.29 is 35.9 Å². The number of amides is 2. The largest absolute Gasteiger partial charge is 0.439 e. The van der Waals surface area contributed by atoms with Crippen molar-refractivity contribution in [1.29, 1.82) is 0 Å². The molecular formula is C13H13F6N3O2S. The van der Waals surface area contributed by atoms with Gasteiger partial charge in [0.25, 0.3) is 5.91 Å². The number of alkyl halides is 6. The molecule has 0 radical (unpaired) electrons. The van der Waals surface area contributed by atoms with E-state index in [1.807, 2.05) is 0 Å². The molecule has 25 heavy (non-hydrogen) atoms. The lowest BCUT2D eigenvalue weighted by Gasteiger charge is -2.38. The van der Waals surface area contributed by atoms with Crippen molar-refractivity contribution in [2.75, 3.05) is 5.32 Å². The van der Waals surface area contributed by atoms with Gasteiger partial charge in [-0.15, -0.1) is 11.3 Å². The molecule has 4 N–H and O–H groups in total. The summed E-state index contributed by atoms with van der Waals surface area (Å²) in [4.78, 5) is 23.1. The van der Waals surface area contributed by atoms with E-state index in [-0.39, 0.29) is 0 Å². The normalized spacial score (nSPS) is 15.0. The molecule has 0 fully saturated rings. The Bertz CT molecular complexity index is 696. The van der Waals surface area contributed by atoms with Crippen LogP contribution in [0.25, 0.3) is 0 Å². The molecule has 0 atom stereocenters. The molecule has 2 amide bonds. The summed E-state index contributed by atoms with van der Waals surface area (Å²) >= 11 is 0.600. The first kappa shape index (κ1) is 19.3. The van der Waals surface area contributed by atoms with E-state index in [2.05, 4.69) is 0 Å². The average Bonchev–Trinajstić information content (AvgIpc) is 2.93. The Morgan fingerprint density at radius 3 is 2.08 bits per heavy atom. The molecule has 0 spiro atoms. The summed E-state index contributed by atoms with van der Waals surface area (Å²) in [5, 5.41) is 1.56. The van der Waals surface area contributed by atoms with Gasteiger partial charge in [-0.1, -0.05) is 0 Å². The van der Waals surface area contributed by atoms with Crippen molar-refractivity contribution in [3.63, 3.8) is 0 Å². The number of carbonyl (C=O) groups excluding carboxylic acids is 2. The number of nitrogens with one attached hydrogen (secondary N) is 2. The number of aryl methyl sites for hydroxylation is 1. The van der Waals surface area contributed by atoms with Crippen LogP contribution in [0, 0.1) is 0 Å². The SMILES string of the molecule is CC(=O)NC(Nc1sc2c(c1C(N)=O)CCC2)(C(F)(F)F)C(F)(F)F. The summed E-state index contributed by atoms with van der Waals surface area (Å²) in [6.07, 6.45) is -10.5. The highest BCUT2D eigenvalue weighted by atomic mass is 32.1. The van der Waals surface area contributed by atoms with E-state index in [0.29, 0.717) is 48.0 Å². The second-order valence-corrected chi connectivity index (χ2v) is 6.58. The van der Waals surface area contributed by atoms with Crippen LogP contribution < -0.4 is 16.4 Å². The molecule has 0 aromatic carbocycles. The Hall–Kier alpha value is -1.98. The molecule has 1 aromatic heterocycles. The third-order valence-corrected chi connectivity index (χ3v) is 4.89. The molecule has 0 saturated heterocycles. The van der Waals surface area contributed by atoms with Gasteiger partial charge in [0.2, 0.25) is 5.91 Å². The molecule has 0 aliphatic heterocycles. The zero-order valence-corrected chi connectivity index (χ0v) is 13.5. The first-order chi connectivity index (χ1) is 11.3. The predicted octanol–water partition coefficient (Wildman–Crippen LogP) is 2.70. The lowest BCUT2D eigenvalue weighted by atomic mass is 10.1. The van der Waals surface area contributed by atoms with Crippen molar-refractivity contribution >= 4 is 28.2 Å². The number of nitrogens with two attached hydrogens (primary N) is 1. The minimum absolute atomic E-state index is 0.330. The van der Waals surface area contributed by atoms with Crippen LogP contribution >= 0.6 is 11.3 Å². The Morgan fingerprint density at radius 1 is 1.08 bits per heavy atom. The molecule has 5 nitrogen and oxygen atoms in total. The summed E-state index contributed by atoms with van der Waals surface area (Å²) in [5.41, 5.74) is 0.353. The minimum Gasteiger partial charge on any atom is -0.365 e. The van der Waals surface area contributed by atoms with Gasteiger partial charge in [-0.05, 0) is 24.8 Å². The molecule has 1 aliphatic rings. The van der Waals surface area contributed by atoms with Crippen LogP contribution in [-0.2, 0) is 17.6 Å². The number of halogens is 6. The van der Waals surface area contributed by atoms with E-state index >= 15 is 0 Å². The zero-order valence-electron chi connectivity index (χ0n) is 12.7. The molecule has 1 aromatic rings. The number of hydrogen-bond acceptors (Lipinski definition) is 4. The lowest BCUT2D eigenvalue weighted by molar-refractivity contribution is -0.295. The standard InChI is InChI=1S/C13H13F6N3O2S/c1-5(23)21-11(12(14,15)16,13(17,18)19)22-10-8(9(20)24)6-3-2-4-7(6)25-10/h22H,2-4H2,1H3,(H2,20,24)(H,21,23). The van der Waals surface area contributed by atoms with Crippen LogP contribution in [0.4, 0.5) is 31.3 Å². The Morgan fingerprint density at radius 2 is 1.64 bits per heavy atom. The topological polar surface area (TPSA) is 84.2 Å². The Kier molecular flexibility index (Phi) is 4.70. The number of carbonyl (C=O) groups is 2. The number of fused-ring (bicyclic) bond motifs is 1. The highest BCUT2D eigenvalue weighted by molar-refractivity contribution is 7.16. The molecule has 0 bridgehead atoms. The molecule has 2 rings (SSSR count). The lowest BCUT2D eigenvalue weighted by Crippen LogP contribution is -2.72. The summed E-state index contributed by atoms with van der Waals surface area (Å²) in [5.74, 6) is -2.69. The summed E-state index contributed by atoms with van der Waals surface area (Å²) in [6.45, 7) is 0.525. The van der Waals surface area contributed by atoms with Crippen molar-refractivity contribution in [2.24, 2.45) is 5.73 Å². The fraction of sp³-hybridized carbons (Fsp3) is 0.538. The first-order valence-corrected chi connectivity index (χ1v) is 7.76. The van der Waals surface area contributed by atoms with E-state index in [1.165, 1.54) is 5.32 Å². The highest BCUT2D eigenvalue weighted by Gasteiger charge is 2.72. The van der Waals surface area contributed by atoms with Gasteiger partial charge in [-0.25, -0.2) is 0 Å². The fourth-order valence-corrected chi connectivity index (χ4v) is 4.01. The van der Waals surface area contributed by atoms with Crippen LogP contribution in [0.15, 0.2) is 0 Å². The van der Waals surface area contributed by atoms with Crippen molar-refractivity contribution in [2.45, 2.75) is 44.2 Å². The zero-order chi connectivity index (χ0) is 19.2. The van der Waals surface area contributed by atoms with Crippen molar-refractivity contribution in [1.82, 2.24) is 5.32 Å². The van der Waals surface area contributed by atoms with Crippen LogP contribution in [0.3, 0.4) is 0 Å². The molecule has 1 heterocycles. The van der Waals surface area contributed by atoms with E-state index in [9.17, 15) is 35.9 Å². The van der Waals surface area contributed by atoms with Gasteiger partial charge in [0, 0.05) is 11.8 Å². The van der Waals surface area contributed by atoms with Crippen molar-refractivity contribution in [3.8, 4) is 0 Å². The van der Waals surface area contributed by atoms with Crippen LogP contribution in [0.2, 0.25) is 0 Å². The van der Waals surface area contributed by atoms with Gasteiger partial charge in [0.15, 0.2) is 0 Å². The first-order valence-electron chi connectivity index (χ1n) is 6.95. The maximum Gasteiger partial charge on any atom is 0.439 e. The van der Waals surface area contributed by atoms with E-state index in [4.69, 9.17) is 5.73 Å². The second-order valence-electron chi connectivity index (χ2n) is 5.48. The number of anilines is 1. The quantitative estimate of drug-likeness (QED) is 0.547. The van der Waals surface area contributed by atoms with Crippen LogP contribution in [0.5, 0.6) is 0 Å². The number of thiophene rings is 1. The summed E-state index contributed by atoms with van der Waals surface area (Å²) in [6, 6.07) is 0. The maximum atomic E-state index is 13.3. The van der Waals surface area contributed by atoms with Gasteiger partial charge >= 0.3 is 18.0 Å². The number of rotatable bonds is 4. The van der Waals surface area contributed by atoms with E-state index < -0.39 is 40.4 Å². The van der Waals surface area contributed by atoms with Crippen LogP contribution in [-0.4, -0.2) is 29.8 Å². The Balaban J connectivity index is 2.62. The second kappa shape index (κ2) is 6.07. The molecular weight excluding hydrogens is 376 g/mol. The van der Waals surface area contributed by atoms with Crippen LogP contribution in [0.1, 0.15) is 34.1 Å². The van der Waals surface area contributed by atoms with Gasteiger partial charge in [-0.3, -0.25) is 9.59 Å². The number of primary amides is 1. The highest BCUT2D eigenvalue weighted by Crippen LogP contribution is 2.47. The summed E-state index contributed by atoms with van der Waals surface area (Å²) in [7, 11) is 0. The average molecular weight is 389 g/mol. The van der Waals surface area contributed by atoms with Gasteiger partial charge < -0.3 is 16.4 Å². The minimum atomic E-state index is -5.93. The molecule has 12 heteroatoms. The molecule has 1 aliphatic carbocycles. The molecule has 140 valence electrons. The Labute approximate surface area is 141 Å². The van der Waals surface area contributed by atoms with E-state index in [0.717, 1.165) is 5.32 Å². The van der Waals surface area contributed by atoms with Crippen molar-refractivity contribution in [3.05, 3.63) is 16.0 Å². The fourth-order valence-electron chi connectivity index (χ4n) is 2.66. The molecule has 0 unspecified atom stereocenters.